The highest BCUT2D eigenvalue weighted by Gasteiger charge is 2.18. The Bertz CT molecular complexity index is 878. The summed E-state index contributed by atoms with van der Waals surface area (Å²) in [6.45, 7) is 0. The van der Waals surface area contributed by atoms with Crippen LogP contribution in [0.2, 0.25) is 0 Å². The van der Waals surface area contributed by atoms with E-state index in [1.807, 2.05) is 0 Å². The maximum Gasteiger partial charge on any atom is 0.263 e. The molecule has 8 heteroatoms. The van der Waals surface area contributed by atoms with Gasteiger partial charge >= 0.3 is 0 Å². The lowest BCUT2D eigenvalue weighted by atomic mass is 10.2. The minimum absolute atomic E-state index is 0.139. The zero-order chi connectivity index (χ0) is 17.1. The van der Waals surface area contributed by atoms with Crippen LogP contribution in [0.4, 0.5) is 13.9 Å². The molecule has 1 aromatic heterocycles. The van der Waals surface area contributed by atoms with E-state index in [2.05, 4.69) is 14.7 Å². The highest BCUT2D eigenvalue weighted by atomic mass is 32.1. The standard InChI is InChI=1S/C16H11F2N3O2S/c1-23-10-5-2-4-9(8-10)14-19-16(24-21-14)20-15(22)13-11(17)6-3-7-12(13)18/h2-8H,1H3,(H,19,20,21,22). The number of carbonyl (C=O) groups is 1. The van der Waals surface area contributed by atoms with Crippen LogP contribution in [0.5, 0.6) is 5.75 Å². The number of hydrogen-bond donors (Lipinski definition) is 1. The van der Waals surface area contributed by atoms with Gasteiger partial charge in [-0.15, -0.1) is 0 Å². The lowest BCUT2D eigenvalue weighted by Gasteiger charge is -2.03. The Morgan fingerprint density at radius 3 is 2.58 bits per heavy atom. The smallest absolute Gasteiger partial charge is 0.263 e. The van der Waals surface area contributed by atoms with Crippen molar-refractivity contribution in [1.82, 2.24) is 9.36 Å². The minimum atomic E-state index is -0.940. The summed E-state index contributed by atoms with van der Waals surface area (Å²) in [6.07, 6.45) is 0. The van der Waals surface area contributed by atoms with E-state index in [4.69, 9.17) is 4.74 Å². The van der Waals surface area contributed by atoms with Crippen LogP contribution in [0.1, 0.15) is 10.4 Å². The molecule has 0 aliphatic heterocycles. The van der Waals surface area contributed by atoms with Gasteiger partial charge in [0.25, 0.3) is 5.91 Å². The van der Waals surface area contributed by atoms with Gasteiger partial charge in [-0.05, 0) is 24.3 Å². The number of hydrogen-bond acceptors (Lipinski definition) is 5. The van der Waals surface area contributed by atoms with E-state index in [9.17, 15) is 13.6 Å². The molecular weight excluding hydrogens is 336 g/mol. The number of nitrogens with zero attached hydrogens (tertiary/aromatic N) is 2. The molecule has 24 heavy (non-hydrogen) atoms. The minimum Gasteiger partial charge on any atom is -0.497 e. The Labute approximate surface area is 140 Å². The molecule has 1 N–H and O–H groups in total. The van der Waals surface area contributed by atoms with Crippen LogP contribution >= 0.6 is 11.5 Å². The molecule has 0 fully saturated rings. The first-order chi connectivity index (χ1) is 11.6. The lowest BCUT2D eigenvalue weighted by molar-refractivity contribution is 0.101. The summed E-state index contributed by atoms with van der Waals surface area (Å²) >= 11 is 0.914. The van der Waals surface area contributed by atoms with Gasteiger partial charge in [0.15, 0.2) is 5.82 Å². The molecule has 1 amide bonds. The van der Waals surface area contributed by atoms with E-state index in [1.54, 1.807) is 31.4 Å². The molecular formula is C16H11F2N3O2S. The van der Waals surface area contributed by atoms with E-state index in [0.29, 0.717) is 17.1 Å². The van der Waals surface area contributed by atoms with Gasteiger partial charge in [0, 0.05) is 17.1 Å². The molecule has 3 aromatic rings. The van der Waals surface area contributed by atoms with Gasteiger partial charge in [-0.1, -0.05) is 18.2 Å². The maximum atomic E-state index is 13.6. The number of nitrogens with one attached hydrogen (secondary N) is 1. The number of anilines is 1. The van der Waals surface area contributed by atoms with Crippen molar-refractivity contribution >= 4 is 22.6 Å². The number of amides is 1. The van der Waals surface area contributed by atoms with Crippen LogP contribution in [0.25, 0.3) is 11.4 Å². The molecule has 122 valence electrons. The molecule has 2 aromatic carbocycles. The molecule has 0 aliphatic carbocycles. The van der Waals surface area contributed by atoms with E-state index < -0.39 is 23.1 Å². The Morgan fingerprint density at radius 1 is 1.17 bits per heavy atom. The Morgan fingerprint density at radius 2 is 1.88 bits per heavy atom. The molecule has 3 rings (SSSR count). The monoisotopic (exact) mass is 347 g/mol. The summed E-state index contributed by atoms with van der Waals surface area (Å²) in [5.41, 5.74) is 0.0406. The van der Waals surface area contributed by atoms with Crippen LogP contribution in [-0.2, 0) is 0 Å². The van der Waals surface area contributed by atoms with Crippen molar-refractivity contribution in [2.75, 3.05) is 12.4 Å². The first-order valence-corrected chi connectivity index (χ1v) is 7.59. The quantitative estimate of drug-likeness (QED) is 0.781. The van der Waals surface area contributed by atoms with Gasteiger partial charge in [-0.25, -0.2) is 8.78 Å². The molecule has 0 radical (unpaired) electrons. The molecule has 0 spiro atoms. The summed E-state index contributed by atoms with van der Waals surface area (Å²) in [7, 11) is 1.54. The summed E-state index contributed by atoms with van der Waals surface area (Å²) in [4.78, 5) is 16.2. The Hall–Kier alpha value is -2.87. The second-order valence-corrected chi connectivity index (χ2v) is 5.46. The summed E-state index contributed by atoms with van der Waals surface area (Å²) in [5.74, 6) is -1.78. The fourth-order valence-electron chi connectivity index (χ4n) is 2.03. The summed E-state index contributed by atoms with van der Waals surface area (Å²) < 4.78 is 36.5. The Balaban J connectivity index is 1.82. The third-order valence-corrected chi connectivity index (χ3v) is 3.79. The highest BCUT2D eigenvalue weighted by molar-refractivity contribution is 7.10. The number of benzene rings is 2. The Kier molecular flexibility index (Phi) is 4.48. The van der Waals surface area contributed by atoms with Crippen LogP contribution in [0.3, 0.4) is 0 Å². The number of halogens is 2. The highest BCUT2D eigenvalue weighted by Crippen LogP contribution is 2.25. The SMILES string of the molecule is COc1cccc(-c2nsc(NC(=O)c3c(F)cccc3F)n2)c1. The van der Waals surface area contributed by atoms with Crippen molar-refractivity contribution in [3.05, 3.63) is 59.7 Å². The maximum absolute atomic E-state index is 13.6. The van der Waals surface area contributed by atoms with E-state index in [1.165, 1.54) is 6.07 Å². The van der Waals surface area contributed by atoms with Gasteiger partial charge < -0.3 is 4.74 Å². The van der Waals surface area contributed by atoms with Crippen molar-refractivity contribution in [3.8, 4) is 17.1 Å². The molecule has 0 saturated heterocycles. The average molecular weight is 347 g/mol. The fraction of sp³-hybridized carbons (Fsp3) is 0.0625. The second kappa shape index (κ2) is 6.71. The topological polar surface area (TPSA) is 64.1 Å². The number of ether oxygens (including phenoxy) is 1. The van der Waals surface area contributed by atoms with Crippen LogP contribution in [-0.4, -0.2) is 22.4 Å². The number of carbonyl (C=O) groups excluding carboxylic acids is 1. The molecule has 1 heterocycles. The van der Waals surface area contributed by atoms with Crippen LogP contribution in [0, 0.1) is 11.6 Å². The number of methoxy groups -OCH3 is 1. The third-order valence-electron chi connectivity index (χ3n) is 3.16. The zero-order valence-corrected chi connectivity index (χ0v) is 13.2. The molecule has 0 atom stereocenters. The largest absolute Gasteiger partial charge is 0.497 e. The second-order valence-electron chi connectivity index (χ2n) is 4.71. The molecule has 0 saturated carbocycles. The lowest BCUT2D eigenvalue weighted by Crippen LogP contribution is -2.15. The summed E-state index contributed by atoms with van der Waals surface area (Å²) in [5, 5.41) is 2.49. The molecule has 5 nitrogen and oxygen atoms in total. The molecule has 0 aliphatic rings. The number of rotatable bonds is 4. The average Bonchev–Trinajstić information content (AvgIpc) is 3.03. The van der Waals surface area contributed by atoms with Crippen molar-refractivity contribution < 1.29 is 18.3 Å². The van der Waals surface area contributed by atoms with Crippen LogP contribution < -0.4 is 10.1 Å². The van der Waals surface area contributed by atoms with Gasteiger partial charge in [-0.3, -0.25) is 10.1 Å². The van der Waals surface area contributed by atoms with E-state index >= 15 is 0 Å². The van der Waals surface area contributed by atoms with Crippen LogP contribution in [0.15, 0.2) is 42.5 Å². The van der Waals surface area contributed by atoms with Crippen molar-refractivity contribution in [2.24, 2.45) is 0 Å². The van der Waals surface area contributed by atoms with Gasteiger partial charge in [0.2, 0.25) is 5.13 Å². The first-order valence-electron chi connectivity index (χ1n) is 6.82. The van der Waals surface area contributed by atoms with E-state index in [0.717, 1.165) is 23.7 Å². The normalized spacial score (nSPS) is 10.5. The van der Waals surface area contributed by atoms with E-state index in [-0.39, 0.29) is 5.13 Å². The molecule has 0 unspecified atom stereocenters. The van der Waals surface area contributed by atoms with Crippen molar-refractivity contribution in [3.63, 3.8) is 0 Å². The van der Waals surface area contributed by atoms with Gasteiger partial charge in [0.1, 0.15) is 22.9 Å². The molecule has 0 bridgehead atoms. The first kappa shape index (κ1) is 16.0. The van der Waals surface area contributed by atoms with Crippen molar-refractivity contribution in [2.45, 2.75) is 0 Å². The van der Waals surface area contributed by atoms with Gasteiger partial charge in [0.05, 0.1) is 7.11 Å². The van der Waals surface area contributed by atoms with Gasteiger partial charge in [-0.2, -0.15) is 9.36 Å². The fourth-order valence-corrected chi connectivity index (χ4v) is 2.61. The third kappa shape index (κ3) is 3.23. The zero-order valence-electron chi connectivity index (χ0n) is 12.4. The number of aromatic nitrogens is 2. The predicted octanol–water partition coefficient (Wildman–Crippen LogP) is 3.74. The summed E-state index contributed by atoms with van der Waals surface area (Å²) in [6, 6.07) is 10.3. The predicted molar refractivity (Wildman–Crippen MR) is 86.2 cm³/mol. The van der Waals surface area contributed by atoms with Crippen molar-refractivity contribution in [1.29, 1.82) is 0 Å².